The summed E-state index contributed by atoms with van der Waals surface area (Å²) in [6, 6.07) is 21.7. The molecule has 0 saturated carbocycles. The molecular weight excluding hydrogens is 288 g/mol. The minimum absolute atomic E-state index is 0.534. The Bertz CT molecular complexity index is 851. The van der Waals surface area contributed by atoms with Crippen molar-refractivity contribution in [1.29, 1.82) is 0 Å². The van der Waals surface area contributed by atoms with Gasteiger partial charge in [-0.2, -0.15) is 0 Å². The van der Waals surface area contributed by atoms with Gasteiger partial charge in [0.05, 0.1) is 0 Å². The van der Waals surface area contributed by atoms with Gasteiger partial charge in [0.2, 0.25) is 0 Å². The first-order valence-corrected chi connectivity index (χ1v) is 7.32. The molecular formula is C20H16O3. The summed E-state index contributed by atoms with van der Waals surface area (Å²) in [5.41, 5.74) is 1.99. The number of rotatable bonds is 5. The molecule has 3 aromatic rings. The van der Waals surface area contributed by atoms with Crippen LogP contribution in [0.3, 0.4) is 0 Å². The van der Waals surface area contributed by atoms with Gasteiger partial charge in [0.15, 0.2) is 0 Å². The topological polar surface area (TPSA) is 46.5 Å². The fourth-order valence-corrected chi connectivity index (χ4v) is 2.34. The van der Waals surface area contributed by atoms with Gasteiger partial charge in [0, 0.05) is 6.08 Å². The Hall–Kier alpha value is -3.07. The lowest BCUT2D eigenvalue weighted by Gasteiger charge is -2.08. The predicted octanol–water partition coefficient (Wildman–Crippen LogP) is 4.52. The second kappa shape index (κ2) is 6.79. The van der Waals surface area contributed by atoms with Crippen LogP contribution in [0, 0.1) is 0 Å². The van der Waals surface area contributed by atoms with Gasteiger partial charge in [0.25, 0.3) is 0 Å². The van der Waals surface area contributed by atoms with Crippen molar-refractivity contribution in [2.24, 2.45) is 0 Å². The van der Waals surface area contributed by atoms with Crippen molar-refractivity contribution in [2.75, 3.05) is 0 Å². The second-order valence-electron chi connectivity index (χ2n) is 5.21. The zero-order valence-corrected chi connectivity index (χ0v) is 12.5. The van der Waals surface area contributed by atoms with Crippen molar-refractivity contribution in [2.45, 2.75) is 6.61 Å². The van der Waals surface area contributed by atoms with E-state index in [9.17, 15) is 4.79 Å². The normalized spacial score (nSPS) is 11.0. The Morgan fingerprint density at radius 1 is 0.957 bits per heavy atom. The molecule has 114 valence electrons. The van der Waals surface area contributed by atoms with Crippen LogP contribution in [0.5, 0.6) is 5.75 Å². The van der Waals surface area contributed by atoms with E-state index in [4.69, 9.17) is 9.84 Å². The van der Waals surface area contributed by atoms with E-state index in [2.05, 4.69) is 0 Å². The molecule has 0 aromatic heterocycles. The van der Waals surface area contributed by atoms with E-state index in [0.717, 1.165) is 33.7 Å². The first-order valence-electron chi connectivity index (χ1n) is 7.32. The molecule has 3 nitrogen and oxygen atoms in total. The van der Waals surface area contributed by atoms with Crippen LogP contribution < -0.4 is 4.74 Å². The summed E-state index contributed by atoms with van der Waals surface area (Å²) in [7, 11) is 0. The van der Waals surface area contributed by atoms with E-state index >= 15 is 0 Å². The maximum Gasteiger partial charge on any atom is 0.328 e. The Morgan fingerprint density at radius 3 is 2.48 bits per heavy atom. The predicted molar refractivity (Wildman–Crippen MR) is 91.4 cm³/mol. The van der Waals surface area contributed by atoms with E-state index in [1.807, 2.05) is 66.7 Å². The molecule has 0 saturated heterocycles. The molecule has 0 unspecified atom stereocenters. The van der Waals surface area contributed by atoms with Gasteiger partial charge < -0.3 is 9.84 Å². The number of fused-ring (bicyclic) bond motifs is 1. The number of benzene rings is 3. The van der Waals surface area contributed by atoms with Crippen molar-refractivity contribution in [3.63, 3.8) is 0 Å². The summed E-state index contributed by atoms with van der Waals surface area (Å²) in [6.45, 7) is 0.534. The van der Waals surface area contributed by atoms with Crippen molar-refractivity contribution in [1.82, 2.24) is 0 Å². The number of aliphatic carboxylic acids is 1. The monoisotopic (exact) mass is 304 g/mol. The minimum atomic E-state index is -0.949. The molecule has 3 heteroatoms. The van der Waals surface area contributed by atoms with Crippen LogP contribution in [0.15, 0.2) is 72.8 Å². The molecule has 3 rings (SSSR count). The largest absolute Gasteiger partial charge is 0.489 e. The standard InChI is InChI=1S/C20H16O3/c21-20(22)11-7-15-6-8-18-13-19(10-9-17(18)12-15)23-14-16-4-2-1-3-5-16/h1-13H,14H2,(H,21,22). The zero-order valence-electron chi connectivity index (χ0n) is 12.5. The van der Waals surface area contributed by atoms with Crippen LogP contribution in [-0.2, 0) is 11.4 Å². The van der Waals surface area contributed by atoms with Gasteiger partial charge in [-0.1, -0.05) is 48.5 Å². The molecule has 0 heterocycles. The third-order valence-electron chi connectivity index (χ3n) is 3.50. The van der Waals surface area contributed by atoms with Gasteiger partial charge in [0.1, 0.15) is 12.4 Å². The van der Waals surface area contributed by atoms with E-state index in [0.29, 0.717) is 6.61 Å². The quantitative estimate of drug-likeness (QED) is 0.705. The Balaban J connectivity index is 1.77. The van der Waals surface area contributed by atoms with Crippen LogP contribution in [0.25, 0.3) is 16.8 Å². The first-order chi connectivity index (χ1) is 11.2. The molecule has 0 aliphatic heterocycles. The van der Waals surface area contributed by atoms with Crippen LogP contribution in [0.2, 0.25) is 0 Å². The molecule has 0 atom stereocenters. The summed E-state index contributed by atoms with van der Waals surface area (Å²) in [6.07, 6.45) is 2.72. The number of carbonyl (C=O) groups is 1. The molecule has 0 bridgehead atoms. The molecule has 23 heavy (non-hydrogen) atoms. The molecule has 0 amide bonds. The van der Waals surface area contributed by atoms with E-state index < -0.39 is 5.97 Å². The number of carboxylic acid groups (broad SMARTS) is 1. The highest BCUT2D eigenvalue weighted by Gasteiger charge is 2.00. The van der Waals surface area contributed by atoms with E-state index in [1.54, 1.807) is 6.08 Å². The average Bonchev–Trinajstić information content (AvgIpc) is 2.59. The number of hydrogen-bond acceptors (Lipinski definition) is 2. The van der Waals surface area contributed by atoms with E-state index in [-0.39, 0.29) is 0 Å². The van der Waals surface area contributed by atoms with E-state index in [1.165, 1.54) is 0 Å². The minimum Gasteiger partial charge on any atom is -0.489 e. The van der Waals surface area contributed by atoms with Crippen LogP contribution in [0.4, 0.5) is 0 Å². The van der Waals surface area contributed by atoms with Crippen molar-refractivity contribution in [3.8, 4) is 5.75 Å². The fourth-order valence-electron chi connectivity index (χ4n) is 2.34. The number of ether oxygens (including phenoxy) is 1. The molecule has 0 radical (unpaired) electrons. The Kier molecular flexibility index (Phi) is 4.39. The third kappa shape index (κ3) is 3.98. The van der Waals surface area contributed by atoms with Gasteiger partial charge >= 0.3 is 5.97 Å². The van der Waals surface area contributed by atoms with Gasteiger partial charge in [-0.05, 0) is 46.2 Å². The first kappa shape index (κ1) is 14.9. The fraction of sp³-hybridized carbons (Fsp3) is 0.0500. The summed E-state index contributed by atoms with van der Waals surface area (Å²) < 4.78 is 5.82. The van der Waals surface area contributed by atoms with Gasteiger partial charge in [-0.25, -0.2) is 4.79 Å². The lowest BCUT2D eigenvalue weighted by Crippen LogP contribution is -1.94. The van der Waals surface area contributed by atoms with Gasteiger partial charge in [-0.3, -0.25) is 0 Å². The summed E-state index contributed by atoms with van der Waals surface area (Å²) in [5.74, 6) is -0.134. The average molecular weight is 304 g/mol. The lowest BCUT2D eigenvalue weighted by atomic mass is 10.1. The Morgan fingerprint density at radius 2 is 1.70 bits per heavy atom. The smallest absolute Gasteiger partial charge is 0.328 e. The second-order valence-corrected chi connectivity index (χ2v) is 5.21. The van der Waals surface area contributed by atoms with Crippen molar-refractivity contribution >= 4 is 22.8 Å². The zero-order chi connectivity index (χ0) is 16.1. The number of hydrogen-bond donors (Lipinski definition) is 1. The maximum absolute atomic E-state index is 10.6. The maximum atomic E-state index is 10.6. The summed E-state index contributed by atoms with van der Waals surface area (Å²) in [5, 5.41) is 10.8. The van der Waals surface area contributed by atoms with Crippen molar-refractivity contribution < 1.29 is 14.6 Å². The molecule has 0 aliphatic rings. The molecule has 0 fully saturated rings. The summed E-state index contributed by atoms with van der Waals surface area (Å²) >= 11 is 0. The SMILES string of the molecule is O=C(O)C=Cc1ccc2cc(OCc3ccccc3)ccc2c1. The molecule has 3 aromatic carbocycles. The molecule has 1 N–H and O–H groups in total. The Labute approximate surface area is 134 Å². The highest BCUT2D eigenvalue weighted by atomic mass is 16.5. The van der Waals surface area contributed by atoms with Crippen molar-refractivity contribution in [3.05, 3.63) is 83.9 Å². The van der Waals surface area contributed by atoms with Crippen LogP contribution in [-0.4, -0.2) is 11.1 Å². The molecule has 0 aliphatic carbocycles. The highest BCUT2D eigenvalue weighted by molar-refractivity contribution is 5.89. The van der Waals surface area contributed by atoms with Crippen LogP contribution in [0.1, 0.15) is 11.1 Å². The number of carboxylic acids is 1. The van der Waals surface area contributed by atoms with Gasteiger partial charge in [-0.15, -0.1) is 0 Å². The summed E-state index contributed by atoms with van der Waals surface area (Å²) in [4.78, 5) is 10.6. The lowest BCUT2D eigenvalue weighted by molar-refractivity contribution is -0.131. The third-order valence-corrected chi connectivity index (χ3v) is 3.50. The van der Waals surface area contributed by atoms with Crippen LogP contribution >= 0.6 is 0 Å². The molecule has 0 spiro atoms. The highest BCUT2D eigenvalue weighted by Crippen LogP contribution is 2.23.